The second kappa shape index (κ2) is 6.13. The van der Waals surface area contributed by atoms with E-state index >= 15 is 0 Å². The Kier molecular flexibility index (Phi) is 3.19. The number of fused-ring (bicyclic) bond motifs is 8. The minimum Gasteiger partial charge on any atom is -0.456 e. The Hall–Kier alpha value is -4.70. The van der Waals surface area contributed by atoms with Crippen LogP contribution >= 0.6 is 0 Å². The highest BCUT2D eigenvalue weighted by Gasteiger charge is 2.69. The number of nitrogens with zero attached hydrogens (tertiary/aromatic N) is 3. The van der Waals surface area contributed by atoms with E-state index in [2.05, 4.69) is 131 Å². The molecule has 0 saturated heterocycles. The molecule has 4 aromatic carbocycles. The molecule has 0 N–H and O–H groups in total. The third kappa shape index (κ3) is 2.01. The Bertz CT molecular complexity index is 2300. The number of hydrogen-bond acceptors (Lipinski definition) is 1. The molecule has 4 heteroatoms. The Morgan fingerprint density at radius 3 is 2.41 bits per heavy atom. The van der Waals surface area contributed by atoms with Gasteiger partial charge in [-0.05, 0) is 53.4 Å². The highest BCUT2D eigenvalue weighted by Crippen LogP contribution is 2.58. The third-order valence-corrected chi connectivity index (χ3v) is 9.33. The molecule has 0 fully saturated rings. The molecule has 0 bridgehead atoms. The van der Waals surface area contributed by atoms with Crippen molar-refractivity contribution < 1.29 is 13.9 Å². The van der Waals surface area contributed by atoms with Gasteiger partial charge in [-0.3, -0.25) is 0 Å². The first-order chi connectivity index (χ1) is 19.0. The number of imidazole rings is 1. The lowest BCUT2D eigenvalue weighted by atomic mass is 9.85. The summed E-state index contributed by atoms with van der Waals surface area (Å²) >= 11 is 0. The van der Waals surface area contributed by atoms with Gasteiger partial charge < -0.3 is 4.74 Å². The van der Waals surface area contributed by atoms with Crippen LogP contribution in [-0.2, 0) is 11.1 Å². The predicted octanol–water partition coefficient (Wildman–Crippen LogP) is 6.97. The van der Waals surface area contributed by atoms with E-state index in [1.54, 1.807) is 0 Å². The summed E-state index contributed by atoms with van der Waals surface area (Å²) in [5.74, 6) is 1.88. The van der Waals surface area contributed by atoms with Crippen LogP contribution in [-0.4, -0.2) is 4.40 Å². The van der Waals surface area contributed by atoms with Crippen molar-refractivity contribution in [2.45, 2.75) is 31.8 Å². The predicted molar refractivity (Wildman–Crippen MR) is 153 cm³/mol. The van der Waals surface area contributed by atoms with Crippen molar-refractivity contribution >= 4 is 38.4 Å². The van der Waals surface area contributed by atoms with E-state index in [1.165, 1.54) is 66.3 Å². The van der Waals surface area contributed by atoms with Crippen LogP contribution in [0, 0.1) is 0 Å². The highest BCUT2D eigenvalue weighted by molar-refractivity contribution is 6.16. The Balaban J connectivity index is 1.54. The lowest BCUT2D eigenvalue weighted by molar-refractivity contribution is -0.940. The van der Waals surface area contributed by atoms with Gasteiger partial charge in [0.05, 0.1) is 10.9 Å². The van der Waals surface area contributed by atoms with Crippen LogP contribution in [0.25, 0.3) is 49.6 Å². The summed E-state index contributed by atoms with van der Waals surface area (Å²) in [6.07, 6.45) is 2.32. The van der Waals surface area contributed by atoms with E-state index in [0.717, 1.165) is 11.5 Å². The van der Waals surface area contributed by atoms with Gasteiger partial charge in [0.15, 0.2) is 17.2 Å². The van der Waals surface area contributed by atoms with Crippen molar-refractivity contribution in [2.75, 3.05) is 0 Å². The van der Waals surface area contributed by atoms with Gasteiger partial charge in [-0.1, -0.05) is 57.2 Å². The normalized spacial score (nSPS) is 17.9. The van der Waals surface area contributed by atoms with Crippen molar-refractivity contribution in [2.24, 2.45) is 0 Å². The van der Waals surface area contributed by atoms with Gasteiger partial charge in [-0.15, -0.1) is 9.13 Å². The number of hydrogen-bond donors (Lipinski definition) is 0. The molecule has 3 aromatic heterocycles. The molecule has 0 saturated carbocycles. The molecule has 3 aliphatic rings. The topological polar surface area (TPSA) is 21.4 Å². The first-order valence-electron chi connectivity index (χ1n) is 13.7. The molecule has 184 valence electrons. The summed E-state index contributed by atoms with van der Waals surface area (Å²) in [4.78, 5) is 0. The monoisotopic (exact) mass is 503 g/mol. The van der Waals surface area contributed by atoms with Gasteiger partial charge in [0.2, 0.25) is 5.69 Å². The third-order valence-electron chi connectivity index (χ3n) is 9.33. The van der Waals surface area contributed by atoms with Crippen molar-refractivity contribution in [3.05, 3.63) is 114 Å². The van der Waals surface area contributed by atoms with Crippen LogP contribution in [0.2, 0.25) is 0 Å². The zero-order valence-corrected chi connectivity index (χ0v) is 22.0. The molecule has 0 aliphatic carbocycles. The van der Waals surface area contributed by atoms with Gasteiger partial charge in [-0.2, -0.15) is 4.40 Å². The fraction of sp³-hybridized carbons (Fsp3) is 0.143. The molecular formula is C35H25N3O+2. The molecular weight excluding hydrogens is 478 g/mol. The van der Waals surface area contributed by atoms with Crippen LogP contribution in [0.1, 0.15) is 37.5 Å². The number of benzene rings is 4. The summed E-state index contributed by atoms with van der Waals surface area (Å²) in [6.45, 7) is 6.87. The molecule has 6 heterocycles. The van der Waals surface area contributed by atoms with E-state index < -0.39 is 5.66 Å². The number of para-hydroxylation sites is 3. The standard InChI is InChI=1S/C35H25N3O/c1-34(2,3)20-17-18-36-27(19-20)23-10-8-14-28-31(23)35(36)32-29(39-28)16-15-22-21-9-4-5-11-24(21)37-25-12-6-7-13-26(25)38(35)33(37)30(22)32/h4-19H,1-3H3/q+2. The second-order valence-electron chi connectivity index (χ2n) is 12.2. The Morgan fingerprint density at radius 1 is 0.744 bits per heavy atom. The van der Waals surface area contributed by atoms with Crippen molar-refractivity contribution in [3.8, 4) is 22.8 Å². The smallest absolute Gasteiger partial charge is 0.372 e. The maximum atomic E-state index is 6.77. The SMILES string of the molecule is CC(C)(C)c1cc[n+]2c(c1)-c1cccc3c1C21c2c(ccc4c5ccccc5n5c6ccccc6[n+]1c5c24)O3. The van der Waals surface area contributed by atoms with E-state index in [-0.39, 0.29) is 5.41 Å². The lowest BCUT2D eigenvalue weighted by Gasteiger charge is -2.28. The van der Waals surface area contributed by atoms with Crippen molar-refractivity contribution in [3.63, 3.8) is 0 Å². The maximum Gasteiger partial charge on any atom is 0.372 e. The molecule has 1 unspecified atom stereocenters. The van der Waals surface area contributed by atoms with Gasteiger partial charge >= 0.3 is 11.3 Å². The molecule has 4 nitrogen and oxygen atoms in total. The summed E-state index contributed by atoms with van der Waals surface area (Å²) in [5.41, 5.74) is 10.7. The largest absolute Gasteiger partial charge is 0.456 e. The molecule has 7 aromatic rings. The van der Waals surface area contributed by atoms with E-state index in [0.29, 0.717) is 0 Å². The Labute approximate surface area is 224 Å². The minimum atomic E-state index is -0.571. The summed E-state index contributed by atoms with van der Waals surface area (Å²) < 4.78 is 14.4. The number of aromatic nitrogens is 3. The molecule has 3 aliphatic heterocycles. The highest BCUT2D eigenvalue weighted by atomic mass is 16.5. The molecule has 10 rings (SSSR count). The van der Waals surface area contributed by atoms with E-state index in [1.807, 2.05) is 0 Å². The first kappa shape index (κ1) is 20.3. The van der Waals surface area contributed by atoms with Crippen LogP contribution in [0.15, 0.2) is 97.2 Å². The van der Waals surface area contributed by atoms with Crippen LogP contribution in [0.5, 0.6) is 11.5 Å². The first-order valence-corrected chi connectivity index (χ1v) is 13.7. The summed E-state index contributed by atoms with van der Waals surface area (Å²) in [6, 6.07) is 33.4. The number of rotatable bonds is 0. The van der Waals surface area contributed by atoms with E-state index in [4.69, 9.17) is 4.74 Å². The zero-order valence-electron chi connectivity index (χ0n) is 22.0. The lowest BCUT2D eigenvalue weighted by Crippen LogP contribution is -2.71. The average molecular weight is 504 g/mol. The average Bonchev–Trinajstić information content (AvgIpc) is 3.56. The van der Waals surface area contributed by atoms with Gasteiger partial charge in [0, 0.05) is 22.9 Å². The fourth-order valence-electron chi connectivity index (χ4n) is 7.79. The number of ether oxygens (including phenoxy) is 1. The van der Waals surface area contributed by atoms with Crippen LogP contribution < -0.4 is 13.9 Å². The van der Waals surface area contributed by atoms with Gasteiger partial charge in [-0.25, -0.2) is 0 Å². The Morgan fingerprint density at radius 2 is 1.54 bits per heavy atom. The second-order valence-corrected chi connectivity index (χ2v) is 12.2. The van der Waals surface area contributed by atoms with Crippen molar-refractivity contribution in [1.29, 1.82) is 0 Å². The molecule has 0 radical (unpaired) electrons. The molecule has 39 heavy (non-hydrogen) atoms. The maximum absolute atomic E-state index is 6.77. The van der Waals surface area contributed by atoms with Crippen LogP contribution in [0.4, 0.5) is 0 Å². The quantitative estimate of drug-likeness (QED) is 0.162. The van der Waals surface area contributed by atoms with E-state index in [9.17, 15) is 0 Å². The van der Waals surface area contributed by atoms with Gasteiger partial charge in [0.1, 0.15) is 28.1 Å². The fourth-order valence-corrected chi connectivity index (χ4v) is 7.79. The zero-order chi connectivity index (χ0) is 25.8. The summed E-state index contributed by atoms with van der Waals surface area (Å²) in [7, 11) is 0. The molecule has 1 atom stereocenters. The minimum absolute atomic E-state index is 0.0462. The van der Waals surface area contributed by atoms with Crippen LogP contribution in [0.3, 0.4) is 0 Å². The van der Waals surface area contributed by atoms with Crippen molar-refractivity contribution in [1.82, 2.24) is 4.40 Å². The summed E-state index contributed by atoms with van der Waals surface area (Å²) in [5, 5.41) is 3.82. The molecule has 0 amide bonds. The molecule has 1 spiro atoms. The van der Waals surface area contributed by atoms with Gasteiger partial charge in [0.25, 0.3) is 0 Å². The number of pyridine rings is 2.